The van der Waals surface area contributed by atoms with Gasteiger partial charge in [0.05, 0.1) is 26.3 Å². The Morgan fingerprint density at radius 1 is 0.966 bits per heavy atom. The Labute approximate surface area is 171 Å². The van der Waals surface area contributed by atoms with Gasteiger partial charge in [-0.1, -0.05) is 0 Å². The first-order chi connectivity index (χ1) is 14.1. The third-order valence-electron chi connectivity index (χ3n) is 5.82. The van der Waals surface area contributed by atoms with Crippen LogP contribution in [-0.2, 0) is 11.3 Å². The largest absolute Gasteiger partial charge is 0.493 e. The van der Waals surface area contributed by atoms with Gasteiger partial charge in [-0.3, -0.25) is 9.69 Å². The van der Waals surface area contributed by atoms with Crippen molar-refractivity contribution in [2.75, 3.05) is 58.4 Å². The number of methoxy groups -OCH3 is 2. The van der Waals surface area contributed by atoms with Crippen molar-refractivity contribution in [1.29, 1.82) is 0 Å². The SMILES string of the molecule is COc1cc2nc(CN3CCN(C(C)=O)CC3)nc(N3CCCC3)c2cc1OC. The number of hydrogen-bond acceptors (Lipinski definition) is 7. The summed E-state index contributed by atoms with van der Waals surface area (Å²) in [5.74, 6) is 3.29. The first-order valence-corrected chi connectivity index (χ1v) is 10.2. The Hall–Kier alpha value is -2.61. The number of hydrogen-bond donors (Lipinski definition) is 0. The molecule has 2 fully saturated rings. The fraction of sp³-hybridized carbons (Fsp3) is 0.571. The number of ether oxygens (including phenoxy) is 2. The van der Waals surface area contributed by atoms with Gasteiger partial charge in [-0.15, -0.1) is 0 Å². The van der Waals surface area contributed by atoms with Crippen molar-refractivity contribution < 1.29 is 14.3 Å². The van der Waals surface area contributed by atoms with Crippen LogP contribution in [0.1, 0.15) is 25.6 Å². The molecular weight excluding hydrogens is 370 g/mol. The molecule has 3 heterocycles. The minimum atomic E-state index is 0.143. The van der Waals surface area contributed by atoms with E-state index in [4.69, 9.17) is 19.4 Å². The van der Waals surface area contributed by atoms with E-state index in [9.17, 15) is 4.79 Å². The topological polar surface area (TPSA) is 71.0 Å². The summed E-state index contributed by atoms with van der Waals surface area (Å²) in [6, 6.07) is 3.92. The number of benzene rings is 1. The molecule has 0 saturated carbocycles. The van der Waals surface area contributed by atoms with Gasteiger partial charge in [0, 0.05) is 57.6 Å². The van der Waals surface area contributed by atoms with Crippen molar-refractivity contribution in [3.63, 3.8) is 0 Å². The number of fused-ring (bicyclic) bond motifs is 1. The van der Waals surface area contributed by atoms with Gasteiger partial charge >= 0.3 is 0 Å². The van der Waals surface area contributed by atoms with Crippen LogP contribution in [0.25, 0.3) is 10.9 Å². The van der Waals surface area contributed by atoms with Gasteiger partial charge in [-0.05, 0) is 18.9 Å². The van der Waals surface area contributed by atoms with Gasteiger partial charge in [0.15, 0.2) is 11.5 Å². The van der Waals surface area contributed by atoms with Gasteiger partial charge in [-0.25, -0.2) is 9.97 Å². The molecule has 156 valence electrons. The fourth-order valence-corrected chi connectivity index (χ4v) is 4.15. The molecule has 8 heteroatoms. The Kier molecular flexibility index (Phi) is 5.71. The maximum atomic E-state index is 11.6. The molecule has 1 amide bonds. The minimum Gasteiger partial charge on any atom is -0.493 e. The molecule has 0 aliphatic carbocycles. The predicted octanol–water partition coefficient (Wildman–Crippen LogP) is 1.91. The first kappa shape index (κ1) is 19.7. The molecule has 2 aromatic rings. The van der Waals surface area contributed by atoms with Crippen LogP contribution in [0.15, 0.2) is 12.1 Å². The normalized spacial score (nSPS) is 17.8. The van der Waals surface area contributed by atoms with Crippen LogP contribution in [0.5, 0.6) is 11.5 Å². The van der Waals surface area contributed by atoms with Crippen molar-refractivity contribution in [3.8, 4) is 11.5 Å². The second-order valence-electron chi connectivity index (χ2n) is 7.66. The van der Waals surface area contributed by atoms with Crippen LogP contribution in [-0.4, -0.2) is 79.2 Å². The second-order valence-corrected chi connectivity index (χ2v) is 7.66. The number of aromatic nitrogens is 2. The zero-order valence-electron chi connectivity index (χ0n) is 17.5. The van der Waals surface area contributed by atoms with Crippen LogP contribution < -0.4 is 14.4 Å². The van der Waals surface area contributed by atoms with Gasteiger partial charge in [0.2, 0.25) is 5.91 Å². The third-order valence-corrected chi connectivity index (χ3v) is 5.82. The Bertz CT molecular complexity index is 890. The number of amides is 1. The lowest BCUT2D eigenvalue weighted by atomic mass is 10.2. The molecule has 2 aliphatic heterocycles. The Morgan fingerprint density at radius 3 is 2.24 bits per heavy atom. The number of nitrogens with zero attached hydrogens (tertiary/aromatic N) is 5. The van der Waals surface area contributed by atoms with Crippen molar-refractivity contribution in [3.05, 3.63) is 18.0 Å². The fourth-order valence-electron chi connectivity index (χ4n) is 4.15. The molecule has 2 aliphatic rings. The Morgan fingerprint density at radius 2 is 1.62 bits per heavy atom. The van der Waals surface area contributed by atoms with E-state index in [-0.39, 0.29) is 5.91 Å². The maximum Gasteiger partial charge on any atom is 0.219 e. The molecular formula is C21H29N5O3. The van der Waals surface area contributed by atoms with Crippen molar-refractivity contribution in [2.24, 2.45) is 0 Å². The summed E-state index contributed by atoms with van der Waals surface area (Å²) in [5, 5.41) is 0.995. The molecule has 0 atom stereocenters. The van der Waals surface area contributed by atoms with E-state index < -0.39 is 0 Å². The van der Waals surface area contributed by atoms with Gasteiger partial charge < -0.3 is 19.3 Å². The lowest BCUT2D eigenvalue weighted by Crippen LogP contribution is -2.47. The highest BCUT2D eigenvalue weighted by Gasteiger charge is 2.23. The highest BCUT2D eigenvalue weighted by molar-refractivity contribution is 5.92. The van der Waals surface area contributed by atoms with Crippen LogP contribution in [0.4, 0.5) is 5.82 Å². The molecule has 0 unspecified atom stereocenters. The van der Waals surface area contributed by atoms with E-state index in [1.54, 1.807) is 21.1 Å². The molecule has 1 aromatic heterocycles. The first-order valence-electron chi connectivity index (χ1n) is 10.2. The average Bonchev–Trinajstić information content (AvgIpc) is 3.27. The minimum absolute atomic E-state index is 0.143. The van der Waals surface area contributed by atoms with Crippen molar-refractivity contribution in [1.82, 2.24) is 19.8 Å². The van der Waals surface area contributed by atoms with Crippen molar-refractivity contribution >= 4 is 22.6 Å². The zero-order valence-corrected chi connectivity index (χ0v) is 17.5. The predicted molar refractivity (Wildman–Crippen MR) is 112 cm³/mol. The molecule has 0 N–H and O–H groups in total. The molecule has 1 aromatic carbocycles. The third kappa shape index (κ3) is 4.07. The quantitative estimate of drug-likeness (QED) is 0.761. The summed E-state index contributed by atoms with van der Waals surface area (Å²) in [4.78, 5) is 27.9. The van der Waals surface area contributed by atoms with E-state index in [1.807, 2.05) is 17.0 Å². The van der Waals surface area contributed by atoms with Crippen molar-refractivity contribution in [2.45, 2.75) is 26.3 Å². The van der Waals surface area contributed by atoms with Crippen LogP contribution in [0.3, 0.4) is 0 Å². The summed E-state index contributed by atoms with van der Waals surface area (Å²) in [7, 11) is 3.29. The summed E-state index contributed by atoms with van der Waals surface area (Å²) in [5.41, 5.74) is 0.872. The monoisotopic (exact) mass is 399 g/mol. The molecule has 0 radical (unpaired) electrons. The maximum absolute atomic E-state index is 11.6. The number of carbonyl (C=O) groups excluding carboxylic acids is 1. The standard InChI is InChI=1S/C21H29N5O3/c1-15(27)25-10-8-24(9-11-25)14-20-22-17-13-19(29-3)18(28-2)12-16(17)21(23-20)26-6-4-5-7-26/h12-13H,4-11,14H2,1-3H3. The highest BCUT2D eigenvalue weighted by Crippen LogP contribution is 2.36. The summed E-state index contributed by atoms with van der Waals surface area (Å²) < 4.78 is 11.0. The zero-order chi connectivity index (χ0) is 20.4. The van der Waals surface area contributed by atoms with Crippen LogP contribution in [0, 0.1) is 0 Å². The van der Waals surface area contributed by atoms with Gasteiger partial charge in [-0.2, -0.15) is 0 Å². The van der Waals surface area contributed by atoms with E-state index >= 15 is 0 Å². The van der Waals surface area contributed by atoms with Gasteiger partial charge in [0.25, 0.3) is 0 Å². The number of rotatable bonds is 5. The van der Waals surface area contributed by atoms with E-state index in [2.05, 4.69) is 9.80 Å². The van der Waals surface area contributed by atoms with Crippen LogP contribution >= 0.6 is 0 Å². The number of carbonyl (C=O) groups is 1. The molecule has 2 saturated heterocycles. The lowest BCUT2D eigenvalue weighted by Gasteiger charge is -2.33. The number of anilines is 1. The lowest BCUT2D eigenvalue weighted by molar-refractivity contribution is -0.130. The molecule has 29 heavy (non-hydrogen) atoms. The summed E-state index contributed by atoms with van der Waals surface area (Å²) in [6.45, 7) is 7.52. The molecule has 0 spiro atoms. The summed E-state index contributed by atoms with van der Waals surface area (Å²) in [6.07, 6.45) is 2.36. The van der Waals surface area contributed by atoms with E-state index in [0.29, 0.717) is 18.0 Å². The summed E-state index contributed by atoms with van der Waals surface area (Å²) >= 11 is 0. The smallest absolute Gasteiger partial charge is 0.219 e. The molecule has 4 rings (SSSR count). The number of piperazine rings is 1. The molecule has 8 nitrogen and oxygen atoms in total. The molecule has 0 bridgehead atoms. The van der Waals surface area contributed by atoms with Gasteiger partial charge in [0.1, 0.15) is 11.6 Å². The van der Waals surface area contributed by atoms with Crippen LogP contribution in [0.2, 0.25) is 0 Å². The Balaban J connectivity index is 1.66. The average molecular weight is 399 g/mol. The highest BCUT2D eigenvalue weighted by atomic mass is 16.5. The van der Waals surface area contributed by atoms with E-state index in [1.165, 1.54) is 12.8 Å². The second kappa shape index (κ2) is 8.41. The van der Waals surface area contributed by atoms with E-state index in [0.717, 1.165) is 61.8 Å².